The number of nitrogens with one attached hydrogen (secondary N) is 1. The lowest BCUT2D eigenvalue weighted by atomic mass is 10.1. The summed E-state index contributed by atoms with van der Waals surface area (Å²) in [5.41, 5.74) is 2.38. The van der Waals surface area contributed by atoms with E-state index in [2.05, 4.69) is 5.32 Å². The molecule has 0 aromatic heterocycles. The minimum absolute atomic E-state index is 0.0322. The average molecular weight is 338 g/mol. The number of hydrogen-bond donors (Lipinski definition) is 1. The molecule has 1 aliphatic heterocycles. The van der Waals surface area contributed by atoms with Crippen molar-refractivity contribution >= 4 is 23.2 Å². The third-order valence-electron chi connectivity index (χ3n) is 4.11. The maximum Gasteiger partial charge on any atom is 0.267 e. The van der Waals surface area contributed by atoms with Gasteiger partial charge in [-0.05, 0) is 31.0 Å². The summed E-state index contributed by atoms with van der Waals surface area (Å²) in [5.74, 6) is 0.504. The number of benzene rings is 2. The number of amides is 2. The SMILES string of the molecule is CCCN1C(=O)C(C)Oc2cc(NC(=O)Cc3ccccc3)ccc21. The fourth-order valence-electron chi connectivity index (χ4n) is 2.93. The van der Waals surface area contributed by atoms with Crippen LogP contribution in [0.1, 0.15) is 25.8 Å². The Balaban J connectivity index is 1.75. The number of hydrogen-bond acceptors (Lipinski definition) is 3. The molecule has 1 aliphatic rings. The van der Waals surface area contributed by atoms with Crippen LogP contribution in [-0.4, -0.2) is 24.5 Å². The molecule has 0 aliphatic carbocycles. The predicted octanol–water partition coefficient (Wildman–Crippen LogP) is 3.39. The first kappa shape index (κ1) is 17.0. The largest absolute Gasteiger partial charge is 0.479 e. The molecule has 1 N–H and O–H groups in total. The topological polar surface area (TPSA) is 58.6 Å². The van der Waals surface area contributed by atoms with Crippen molar-refractivity contribution < 1.29 is 14.3 Å². The van der Waals surface area contributed by atoms with E-state index in [0.29, 0.717) is 24.4 Å². The Kier molecular flexibility index (Phi) is 5.03. The Morgan fingerprint density at radius 2 is 1.96 bits per heavy atom. The second-order valence-corrected chi connectivity index (χ2v) is 6.14. The Bertz CT molecular complexity index is 774. The van der Waals surface area contributed by atoms with Crippen LogP contribution in [0, 0.1) is 0 Å². The normalized spacial score (nSPS) is 16.2. The van der Waals surface area contributed by atoms with Gasteiger partial charge in [0.2, 0.25) is 5.91 Å². The number of fused-ring (bicyclic) bond motifs is 1. The van der Waals surface area contributed by atoms with Gasteiger partial charge in [0.05, 0.1) is 12.1 Å². The highest BCUT2D eigenvalue weighted by molar-refractivity contribution is 6.00. The summed E-state index contributed by atoms with van der Waals surface area (Å²) in [6, 6.07) is 15.0. The molecule has 5 nitrogen and oxygen atoms in total. The van der Waals surface area contributed by atoms with E-state index in [-0.39, 0.29) is 11.8 Å². The summed E-state index contributed by atoms with van der Waals surface area (Å²) in [5, 5.41) is 2.89. The molecular weight excluding hydrogens is 316 g/mol. The lowest BCUT2D eigenvalue weighted by Gasteiger charge is -2.33. The van der Waals surface area contributed by atoms with Crippen molar-refractivity contribution in [1.29, 1.82) is 0 Å². The predicted molar refractivity (Wildman–Crippen MR) is 98.0 cm³/mol. The van der Waals surface area contributed by atoms with Crippen molar-refractivity contribution in [3.63, 3.8) is 0 Å². The van der Waals surface area contributed by atoms with Crippen molar-refractivity contribution in [2.75, 3.05) is 16.8 Å². The van der Waals surface area contributed by atoms with E-state index < -0.39 is 6.10 Å². The van der Waals surface area contributed by atoms with Gasteiger partial charge < -0.3 is 15.0 Å². The Labute approximate surface area is 147 Å². The van der Waals surface area contributed by atoms with Crippen LogP contribution in [0.2, 0.25) is 0 Å². The molecule has 0 fully saturated rings. The van der Waals surface area contributed by atoms with Gasteiger partial charge >= 0.3 is 0 Å². The van der Waals surface area contributed by atoms with Crippen LogP contribution in [0.4, 0.5) is 11.4 Å². The molecule has 2 aromatic rings. The molecular formula is C20H22N2O3. The van der Waals surface area contributed by atoms with E-state index in [1.54, 1.807) is 24.0 Å². The molecule has 1 heterocycles. The first-order chi connectivity index (χ1) is 12.1. The zero-order valence-corrected chi connectivity index (χ0v) is 14.5. The van der Waals surface area contributed by atoms with Gasteiger partial charge in [-0.15, -0.1) is 0 Å². The highest BCUT2D eigenvalue weighted by Crippen LogP contribution is 2.36. The average Bonchev–Trinajstić information content (AvgIpc) is 2.59. The molecule has 0 saturated carbocycles. The lowest BCUT2D eigenvalue weighted by Crippen LogP contribution is -2.44. The van der Waals surface area contributed by atoms with Crippen LogP contribution < -0.4 is 15.0 Å². The second kappa shape index (κ2) is 7.38. The first-order valence-corrected chi connectivity index (χ1v) is 8.54. The maximum atomic E-state index is 12.3. The third-order valence-corrected chi connectivity index (χ3v) is 4.11. The van der Waals surface area contributed by atoms with E-state index in [1.807, 2.05) is 43.3 Å². The Morgan fingerprint density at radius 1 is 1.20 bits per heavy atom. The van der Waals surface area contributed by atoms with Gasteiger partial charge in [-0.25, -0.2) is 0 Å². The highest BCUT2D eigenvalue weighted by Gasteiger charge is 2.31. The second-order valence-electron chi connectivity index (χ2n) is 6.14. The number of rotatable bonds is 5. The number of anilines is 2. The molecule has 2 amide bonds. The Morgan fingerprint density at radius 3 is 2.68 bits per heavy atom. The fourth-order valence-corrected chi connectivity index (χ4v) is 2.93. The van der Waals surface area contributed by atoms with Crippen molar-refractivity contribution in [2.45, 2.75) is 32.8 Å². The molecule has 5 heteroatoms. The fraction of sp³-hybridized carbons (Fsp3) is 0.300. The van der Waals surface area contributed by atoms with E-state index in [9.17, 15) is 9.59 Å². The molecule has 0 radical (unpaired) electrons. The number of carbonyl (C=O) groups excluding carboxylic acids is 2. The Hall–Kier alpha value is -2.82. The summed E-state index contributed by atoms with van der Waals surface area (Å²) in [7, 11) is 0. The van der Waals surface area contributed by atoms with Crippen molar-refractivity contribution in [1.82, 2.24) is 0 Å². The molecule has 1 unspecified atom stereocenters. The summed E-state index contributed by atoms with van der Waals surface area (Å²) in [4.78, 5) is 26.2. The van der Waals surface area contributed by atoms with Gasteiger partial charge in [0.25, 0.3) is 5.91 Å². The van der Waals surface area contributed by atoms with Gasteiger partial charge in [0.1, 0.15) is 5.75 Å². The number of ether oxygens (including phenoxy) is 1. The zero-order valence-electron chi connectivity index (χ0n) is 14.5. The van der Waals surface area contributed by atoms with Gasteiger partial charge in [0.15, 0.2) is 6.10 Å². The van der Waals surface area contributed by atoms with Crippen LogP contribution in [0.3, 0.4) is 0 Å². The monoisotopic (exact) mass is 338 g/mol. The molecule has 0 bridgehead atoms. The molecule has 25 heavy (non-hydrogen) atoms. The molecule has 130 valence electrons. The van der Waals surface area contributed by atoms with Gasteiger partial charge in [0, 0.05) is 18.3 Å². The van der Waals surface area contributed by atoms with E-state index in [1.165, 1.54) is 0 Å². The van der Waals surface area contributed by atoms with Crippen LogP contribution in [0.25, 0.3) is 0 Å². The molecule has 2 aromatic carbocycles. The summed E-state index contributed by atoms with van der Waals surface area (Å²) in [6.45, 7) is 4.43. The third kappa shape index (κ3) is 3.82. The number of carbonyl (C=O) groups is 2. The van der Waals surface area contributed by atoms with Gasteiger partial charge in [-0.3, -0.25) is 9.59 Å². The highest BCUT2D eigenvalue weighted by atomic mass is 16.5. The standard InChI is InChI=1S/C20H22N2O3/c1-3-11-22-17-10-9-16(13-18(17)25-14(2)20(22)24)21-19(23)12-15-7-5-4-6-8-15/h4-10,13-14H,3,11-12H2,1-2H3,(H,21,23). The summed E-state index contributed by atoms with van der Waals surface area (Å²) >= 11 is 0. The van der Waals surface area contributed by atoms with Crippen LogP contribution in [-0.2, 0) is 16.0 Å². The minimum atomic E-state index is -0.519. The molecule has 3 rings (SSSR count). The summed E-state index contributed by atoms with van der Waals surface area (Å²) in [6.07, 6.45) is 0.664. The van der Waals surface area contributed by atoms with Crippen LogP contribution >= 0.6 is 0 Å². The minimum Gasteiger partial charge on any atom is -0.479 e. The van der Waals surface area contributed by atoms with Crippen molar-refractivity contribution in [2.24, 2.45) is 0 Å². The van der Waals surface area contributed by atoms with Crippen LogP contribution in [0.15, 0.2) is 48.5 Å². The van der Waals surface area contributed by atoms with E-state index in [4.69, 9.17) is 4.74 Å². The maximum absolute atomic E-state index is 12.3. The van der Waals surface area contributed by atoms with Crippen molar-refractivity contribution in [3.8, 4) is 5.75 Å². The van der Waals surface area contributed by atoms with E-state index in [0.717, 1.165) is 17.7 Å². The molecule has 0 spiro atoms. The van der Waals surface area contributed by atoms with Crippen molar-refractivity contribution in [3.05, 3.63) is 54.1 Å². The molecule has 0 saturated heterocycles. The quantitative estimate of drug-likeness (QED) is 0.909. The van der Waals surface area contributed by atoms with Gasteiger partial charge in [-0.2, -0.15) is 0 Å². The lowest BCUT2D eigenvalue weighted by molar-refractivity contribution is -0.125. The molecule has 1 atom stereocenters. The number of nitrogens with zero attached hydrogens (tertiary/aromatic N) is 1. The first-order valence-electron chi connectivity index (χ1n) is 8.54. The zero-order chi connectivity index (χ0) is 17.8. The summed E-state index contributed by atoms with van der Waals surface area (Å²) < 4.78 is 5.72. The smallest absolute Gasteiger partial charge is 0.267 e. The van der Waals surface area contributed by atoms with Crippen LogP contribution in [0.5, 0.6) is 5.75 Å². The van der Waals surface area contributed by atoms with E-state index >= 15 is 0 Å². The van der Waals surface area contributed by atoms with Gasteiger partial charge in [-0.1, -0.05) is 37.3 Å².